The number of nitrogens with one attached hydrogen (secondary N) is 1. The minimum atomic E-state index is -0.805. The molecule has 6 nitrogen and oxygen atoms in total. The van der Waals surface area contributed by atoms with Gasteiger partial charge in [0.05, 0.1) is 28.8 Å². The van der Waals surface area contributed by atoms with Gasteiger partial charge in [-0.25, -0.2) is 0 Å². The van der Waals surface area contributed by atoms with Gasteiger partial charge in [0.2, 0.25) is 5.91 Å². The first-order valence-corrected chi connectivity index (χ1v) is 9.08. The maximum Gasteiger partial charge on any atom is 0.317 e. The number of carboxylic acids is 1. The third-order valence-electron chi connectivity index (χ3n) is 4.41. The summed E-state index contributed by atoms with van der Waals surface area (Å²) >= 11 is 12.1. The van der Waals surface area contributed by atoms with Crippen molar-refractivity contribution in [2.75, 3.05) is 38.0 Å². The topological polar surface area (TPSA) is 72.9 Å². The number of carboxylic acid groups (broad SMARTS) is 1. The number of para-hydroxylation sites is 1. The van der Waals surface area contributed by atoms with E-state index >= 15 is 0 Å². The predicted molar refractivity (Wildman–Crippen MR) is 107 cm³/mol. The maximum absolute atomic E-state index is 12.2. The number of likely N-dealkylation sites (tertiary alicyclic amines) is 1. The summed E-state index contributed by atoms with van der Waals surface area (Å²) in [7, 11) is 0. The van der Waals surface area contributed by atoms with Crippen LogP contribution in [0.25, 0.3) is 0 Å². The van der Waals surface area contributed by atoms with Crippen molar-refractivity contribution in [2.24, 2.45) is 0 Å². The molecule has 26 heavy (non-hydrogen) atoms. The number of anilines is 1. The molecule has 1 amide bonds. The summed E-state index contributed by atoms with van der Waals surface area (Å²) in [4.78, 5) is 27.2. The average Bonchev–Trinajstić information content (AvgIpc) is 2.57. The van der Waals surface area contributed by atoms with E-state index in [1.54, 1.807) is 18.2 Å². The molecule has 0 radical (unpaired) electrons. The number of piperidine rings is 1. The number of benzene rings is 1. The molecule has 1 heterocycles. The summed E-state index contributed by atoms with van der Waals surface area (Å²) in [5.74, 6) is -0.966. The van der Waals surface area contributed by atoms with Gasteiger partial charge < -0.3 is 10.4 Å². The van der Waals surface area contributed by atoms with E-state index in [9.17, 15) is 9.59 Å². The second kappa shape index (κ2) is 10.9. The van der Waals surface area contributed by atoms with Gasteiger partial charge in [0.1, 0.15) is 0 Å². The molecule has 0 atom stereocenters. The van der Waals surface area contributed by atoms with Crippen LogP contribution in [0.15, 0.2) is 18.2 Å². The standard InChI is InChI=1S/C17H23Cl2N3O3.ClH/c1-2-22(11-16(24)25)12-6-8-21(9-7-12)10-15(23)20-17-13(18)4-3-5-14(17)19;/h3-5,12H,2,6-11H2,1H3,(H,20,23)(H,24,25);1H. The smallest absolute Gasteiger partial charge is 0.317 e. The Balaban J connectivity index is 0.00000338. The Labute approximate surface area is 169 Å². The Hall–Kier alpha value is -1.05. The van der Waals surface area contributed by atoms with E-state index in [0.717, 1.165) is 25.9 Å². The van der Waals surface area contributed by atoms with E-state index in [2.05, 4.69) is 10.2 Å². The van der Waals surface area contributed by atoms with Crippen molar-refractivity contribution in [1.29, 1.82) is 0 Å². The Morgan fingerprint density at radius 1 is 1.27 bits per heavy atom. The predicted octanol–water partition coefficient (Wildman–Crippen LogP) is 3.22. The highest BCUT2D eigenvalue weighted by Crippen LogP contribution is 2.29. The molecule has 1 saturated heterocycles. The van der Waals surface area contributed by atoms with Gasteiger partial charge in [-0.15, -0.1) is 12.4 Å². The van der Waals surface area contributed by atoms with Crippen LogP contribution in [0.2, 0.25) is 10.0 Å². The second-order valence-electron chi connectivity index (χ2n) is 6.11. The molecule has 2 N–H and O–H groups in total. The van der Waals surface area contributed by atoms with Crippen LogP contribution in [0.3, 0.4) is 0 Å². The third kappa shape index (κ3) is 6.59. The summed E-state index contributed by atoms with van der Waals surface area (Å²) in [6.45, 7) is 4.51. The van der Waals surface area contributed by atoms with Crippen LogP contribution in [0, 0.1) is 0 Å². The number of rotatable bonds is 7. The second-order valence-corrected chi connectivity index (χ2v) is 6.92. The fourth-order valence-corrected chi connectivity index (χ4v) is 3.61. The lowest BCUT2D eigenvalue weighted by atomic mass is 10.0. The molecule has 1 fully saturated rings. The lowest BCUT2D eigenvalue weighted by Crippen LogP contribution is -2.48. The van der Waals surface area contributed by atoms with Crippen molar-refractivity contribution in [2.45, 2.75) is 25.8 Å². The largest absolute Gasteiger partial charge is 0.480 e. The zero-order valence-electron chi connectivity index (χ0n) is 14.6. The molecule has 0 saturated carbocycles. The van der Waals surface area contributed by atoms with E-state index in [1.807, 2.05) is 11.8 Å². The zero-order valence-corrected chi connectivity index (χ0v) is 16.9. The molecule has 1 aromatic rings. The number of carbonyl (C=O) groups excluding carboxylic acids is 1. The van der Waals surface area contributed by atoms with Gasteiger partial charge in [0, 0.05) is 19.1 Å². The van der Waals surface area contributed by atoms with Crippen molar-refractivity contribution in [3.8, 4) is 0 Å². The molecular weight excluding hydrogens is 401 g/mol. The van der Waals surface area contributed by atoms with Crippen molar-refractivity contribution in [1.82, 2.24) is 9.80 Å². The summed E-state index contributed by atoms with van der Waals surface area (Å²) in [6, 6.07) is 5.33. The summed E-state index contributed by atoms with van der Waals surface area (Å²) in [5.41, 5.74) is 0.435. The molecule has 1 aromatic carbocycles. The highest BCUT2D eigenvalue weighted by molar-refractivity contribution is 6.39. The van der Waals surface area contributed by atoms with Crippen LogP contribution >= 0.6 is 35.6 Å². The van der Waals surface area contributed by atoms with Gasteiger partial charge in [-0.2, -0.15) is 0 Å². The number of carbonyl (C=O) groups is 2. The van der Waals surface area contributed by atoms with Gasteiger partial charge in [0.15, 0.2) is 0 Å². The highest BCUT2D eigenvalue weighted by Gasteiger charge is 2.26. The molecule has 0 bridgehead atoms. The summed E-state index contributed by atoms with van der Waals surface area (Å²) in [6.07, 6.45) is 1.70. The number of hydrogen-bond acceptors (Lipinski definition) is 4. The van der Waals surface area contributed by atoms with E-state index in [4.69, 9.17) is 28.3 Å². The molecule has 146 valence electrons. The van der Waals surface area contributed by atoms with Gasteiger partial charge in [-0.1, -0.05) is 36.2 Å². The maximum atomic E-state index is 12.2. The monoisotopic (exact) mass is 423 g/mol. The zero-order chi connectivity index (χ0) is 18.4. The minimum absolute atomic E-state index is 0. The molecule has 1 aliphatic rings. The minimum Gasteiger partial charge on any atom is -0.480 e. The van der Waals surface area contributed by atoms with Crippen LogP contribution in [0.5, 0.6) is 0 Å². The molecule has 0 aromatic heterocycles. The number of aliphatic carboxylic acids is 1. The molecule has 0 spiro atoms. The van der Waals surface area contributed by atoms with Crippen LogP contribution < -0.4 is 5.32 Å². The molecule has 9 heteroatoms. The Bertz CT molecular complexity index is 602. The number of nitrogens with zero attached hydrogens (tertiary/aromatic N) is 2. The number of amides is 1. The molecule has 2 rings (SSSR count). The highest BCUT2D eigenvalue weighted by atomic mass is 35.5. The lowest BCUT2D eigenvalue weighted by Gasteiger charge is -2.37. The fraction of sp³-hybridized carbons (Fsp3) is 0.529. The van der Waals surface area contributed by atoms with Crippen LogP contribution in [-0.2, 0) is 9.59 Å². The van der Waals surface area contributed by atoms with Crippen molar-refractivity contribution >= 4 is 53.2 Å². The van der Waals surface area contributed by atoms with Crippen molar-refractivity contribution in [3.05, 3.63) is 28.2 Å². The first-order chi connectivity index (χ1) is 11.9. The van der Waals surface area contributed by atoms with Crippen LogP contribution in [-0.4, -0.2) is 65.5 Å². The molecule has 0 aliphatic carbocycles. The quantitative estimate of drug-likeness (QED) is 0.703. The van der Waals surface area contributed by atoms with E-state index < -0.39 is 5.97 Å². The number of halogens is 3. The summed E-state index contributed by atoms with van der Waals surface area (Å²) < 4.78 is 0. The van der Waals surface area contributed by atoms with Crippen molar-refractivity contribution < 1.29 is 14.7 Å². The average molecular weight is 425 g/mol. The van der Waals surface area contributed by atoms with Gasteiger partial charge in [0.25, 0.3) is 0 Å². The number of hydrogen-bond donors (Lipinski definition) is 2. The third-order valence-corrected chi connectivity index (χ3v) is 5.04. The van der Waals surface area contributed by atoms with Gasteiger partial charge in [-0.3, -0.25) is 19.4 Å². The normalized spacial score (nSPS) is 15.5. The Morgan fingerprint density at radius 2 is 1.85 bits per heavy atom. The van der Waals surface area contributed by atoms with Crippen molar-refractivity contribution in [3.63, 3.8) is 0 Å². The van der Waals surface area contributed by atoms with Crippen LogP contribution in [0.4, 0.5) is 5.69 Å². The first kappa shape index (κ1) is 23.0. The molecule has 1 aliphatic heterocycles. The van der Waals surface area contributed by atoms with E-state index in [1.165, 1.54) is 0 Å². The molecule has 0 unspecified atom stereocenters. The Morgan fingerprint density at radius 3 is 2.35 bits per heavy atom. The first-order valence-electron chi connectivity index (χ1n) is 8.32. The lowest BCUT2D eigenvalue weighted by molar-refractivity contribution is -0.139. The fourth-order valence-electron chi connectivity index (χ4n) is 3.11. The SMILES string of the molecule is CCN(CC(=O)O)C1CCN(CC(=O)Nc2c(Cl)cccc2Cl)CC1.Cl. The van der Waals surface area contributed by atoms with Gasteiger partial charge in [-0.05, 0) is 31.5 Å². The summed E-state index contributed by atoms with van der Waals surface area (Å²) in [5, 5.41) is 12.6. The van der Waals surface area contributed by atoms with Crippen LogP contribution in [0.1, 0.15) is 19.8 Å². The number of likely N-dealkylation sites (N-methyl/N-ethyl adjacent to an activating group) is 1. The van der Waals surface area contributed by atoms with E-state index in [0.29, 0.717) is 22.3 Å². The van der Waals surface area contributed by atoms with E-state index in [-0.39, 0.29) is 37.4 Å². The molecular formula is C17H24Cl3N3O3. The Kier molecular flexibility index (Phi) is 9.68. The van der Waals surface area contributed by atoms with Gasteiger partial charge >= 0.3 is 5.97 Å².